The van der Waals surface area contributed by atoms with Crippen LogP contribution >= 0.6 is 0 Å². The minimum Gasteiger partial charge on any atom is -0.363 e. The van der Waals surface area contributed by atoms with E-state index in [2.05, 4.69) is 19.9 Å². The minimum absolute atomic E-state index is 0.150. The quantitative estimate of drug-likeness (QED) is 0.420. The van der Waals surface area contributed by atoms with E-state index < -0.39 is 0 Å². The largest absolute Gasteiger partial charge is 0.363 e. The van der Waals surface area contributed by atoms with E-state index in [1.165, 1.54) is 6.07 Å². The number of halogens is 1. The van der Waals surface area contributed by atoms with Crippen LogP contribution in [0.25, 0.3) is 11.4 Å². The van der Waals surface area contributed by atoms with Gasteiger partial charge in [-0.15, -0.1) is 0 Å². The van der Waals surface area contributed by atoms with Crippen LogP contribution in [0.1, 0.15) is 17.9 Å². The van der Waals surface area contributed by atoms with Gasteiger partial charge >= 0.3 is 0 Å². The fraction of sp³-hybridized carbons (Fsp3) is 0.364. The van der Waals surface area contributed by atoms with Crippen LogP contribution < -0.4 is 4.90 Å². The zero-order chi connectivity index (χ0) is 21.8. The summed E-state index contributed by atoms with van der Waals surface area (Å²) in [5, 5.41) is 15.2. The van der Waals surface area contributed by atoms with Gasteiger partial charge < -0.3 is 9.42 Å². The molecule has 2 aromatic carbocycles. The lowest BCUT2D eigenvalue weighted by atomic mass is 10.1. The van der Waals surface area contributed by atoms with Crippen molar-refractivity contribution in [2.45, 2.75) is 19.8 Å². The highest BCUT2D eigenvalue weighted by Crippen LogP contribution is 2.28. The summed E-state index contributed by atoms with van der Waals surface area (Å²) in [7, 11) is 0. The summed E-state index contributed by atoms with van der Waals surface area (Å²) in [6, 6.07) is 11.8. The molecule has 4 rings (SSSR count). The Morgan fingerprint density at radius 2 is 1.94 bits per heavy atom. The van der Waals surface area contributed by atoms with Gasteiger partial charge in [0, 0.05) is 44.2 Å². The molecule has 31 heavy (non-hydrogen) atoms. The number of hydrogen-bond acceptors (Lipinski definition) is 7. The second-order valence-corrected chi connectivity index (χ2v) is 7.65. The average molecular weight is 425 g/mol. The van der Waals surface area contributed by atoms with E-state index in [4.69, 9.17) is 4.52 Å². The van der Waals surface area contributed by atoms with Crippen molar-refractivity contribution in [3.8, 4) is 11.4 Å². The lowest BCUT2D eigenvalue weighted by molar-refractivity contribution is -0.384. The Balaban J connectivity index is 1.26. The molecule has 0 saturated carbocycles. The number of benzene rings is 2. The Morgan fingerprint density at radius 1 is 1.16 bits per heavy atom. The van der Waals surface area contributed by atoms with Gasteiger partial charge in [0.2, 0.25) is 11.7 Å². The van der Waals surface area contributed by atoms with Crippen molar-refractivity contribution >= 4 is 11.4 Å². The summed E-state index contributed by atoms with van der Waals surface area (Å²) < 4.78 is 19.1. The van der Waals surface area contributed by atoms with E-state index in [9.17, 15) is 14.5 Å². The van der Waals surface area contributed by atoms with Crippen molar-refractivity contribution in [1.29, 1.82) is 0 Å². The summed E-state index contributed by atoms with van der Waals surface area (Å²) in [4.78, 5) is 19.7. The fourth-order valence-electron chi connectivity index (χ4n) is 3.76. The van der Waals surface area contributed by atoms with E-state index in [0.717, 1.165) is 39.1 Å². The number of aryl methyl sites for hydroxylation is 2. The van der Waals surface area contributed by atoms with Crippen molar-refractivity contribution in [1.82, 2.24) is 15.0 Å². The first-order valence-electron chi connectivity index (χ1n) is 10.3. The van der Waals surface area contributed by atoms with Crippen molar-refractivity contribution in [3.05, 3.63) is 69.9 Å². The topological polar surface area (TPSA) is 88.5 Å². The fourth-order valence-corrected chi connectivity index (χ4v) is 3.76. The predicted octanol–water partition coefficient (Wildman–Crippen LogP) is 3.85. The molecule has 1 aliphatic heterocycles. The van der Waals surface area contributed by atoms with Crippen molar-refractivity contribution in [2.24, 2.45) is 0 Å². The first-order valence-corrected chi connectivity index (χ1v) is 10.3. The van der Waals surface area contributed by atoms with Crippen LogP contribution in [-0.4, -0.2) is 52.7 Å². The number of nitrogens with zero attached hydrogens (tertiary/aromatic N) is 5. The van der Waals surface area contributed by atoms with Crippen LogP contribution in [0.2, 0.25) is 0 Å². The van der Waals surface area contributed by atoms with Gasteiger partial charge in [0.25, 0.3) is 5.69 Å². The third-order valence-electron chi connectivity index (χ3n) is 5.55. The van der Waals surface area contributed by atoms with Gasteiger partial charge in [-0.3, -0.25) is 15.0 Å². The normalized spacial score (nSPS) is 14.7. The lowest BCUT2D eigenvalue weighted by Gasteiger charge is -2.35. The second kappa shape index (κ2) is 9.22. The number of para-hydroxylation sites is 2. The lowest BCUT2D eigenvalue weighted by Crippen LogP contribution is -2.46. The number of aromatic nitrogens is 2. The maximum absolute atomic E-state index is 13.7. The Bertz CT molecular complexity index is 1060. The molecule has 0 bridgehead atoms. The Labute approximate surface area is 179 Å². The summed E-state index contributed by atoms with van der Waals surface area (Å²) in [5.41, 5.74) is 2.01. The zero-order valence-corrected chi connectivity index (χ0v) is 17.3. The van der Waals surface area contributed by atoms with Gasteiger partial charge in [-0.2, -0.15) is 4.98 Å². The average Bonchev–Trinajstić information content (AvgIpc) is 3.25. The maximum Gasteiger partial charge on any atom is 0.292 e. The Hall–Kier alpha value is -3.33. The van der Waals surface area contributed by atoms with Gasteiger partial charge in [0.15, 0.2) is 0 Å². The van der Waals surface area contributed by atoms with Crippen molar-refractivity contribution in [3.63, 3.8) is 0 Å². The van der Waals surface area contributed by atoms with Crippen LogP contribution in [-0.2, 0) is 6.42 Å². The number of nitro benzene ring substituents is 1. The highest BCUT2D eigenvalue weighted by atomic mass is 19.1. The molecule has 0 aliphatic carbocycles. The standard InChI is InChI=1S/C22H24FN5O3/c1-16-8-9-17(15-18(16)23)22-24-21(31-25-22)7-4-10-26-11-13-27(14-12-26)19-5-2-3-6-20(19)28(29)30/h2-3,5-6,8-9,15H,4,7,10-14H2,1H3. The molecule has 1 aromatic heterocycles. The van der Waals surface area contributed by atoms with Crippen LogP contribution in [0.15, 0.2) is 47.0 Å². The molecule has 1 fully saturated rings. The van der Waals surface area contributed by atoms with E-state index >= 15 is 0 Å². The van der Waals surface area contributed by atoms with Gasteiger partial charge in [-0.1, -0.05) is 29.4 Å². The summed E-state index contributed by atoms with van der Waals surface area (Å²) >= 11 is 0. The first-order chi connectivity index (χ1) is 15.0. The molecule has 9 heteroatoms. The van der Waals surface area contributed by atoms with E-state index in [1.807, 2.05) is 6.07 Å². The van der Waals surface area contributed by atoms with Gasteiger partial charge in [0.1, 0.15) is 11.5 Å². The van der Waals surface area contributed by atoms with Crippen LogP contribution in [0.3, 0.4) is 0 Å². The predicted molar refractivity (Wildman–Crippen MR) is 114 cm³/mol. The minimum atomic E-state index is -0.328. The molecule has 0 N–H and O–H groups in total. The molecule has 0 spiro atoms. The van der Waals surface area contributed by atoms with E-state index in [1.54, 1.807) is 37.3 Å². The molecule has 1 aliphatic rings. The highest BCUT2D eigenvalue weighted by Gasteiger charge is 2.23. The van der Waals surface area contributed by atoms with Crippen molar-refractivity contribution in [2.75, 3.05) is 37.6 Å². The Morgan fingerprint density at radius 3 is 2.68 bits per heavy atom. The molecule has 162 valence electrons. The summed E-state index contributed by atoms with van der Waals surface area (Å²) in [5.74, 6) is 0.644. The number of anilines is 1. The molecule has 8 nitrogen and oxygen atoms in total. The molecule has 0 amide bonds. The molecule has 1 saturated heterocycles. The summed E-state index contributed by atoms with van der Waals surface area (Å²) in [6.07, 6.45) is 1.50. The van der Waals surface area contributed by atoms with Crippen molar-refractivity contribution < 1.29 is 13.8 Å². The van der Waals surface area contributed by atoms with Gasteiger partial charge in [0.05, 0.1) is 4.92 Å². The SMILES string of the molecule is Cc1ccc(-c2noc(CCCN3CCN(c4ccccc4[N+](=O)[O-])CC3)n2)cc1F. The summed E-state index contributed by atoms with van der Waals surface area (Å²) in [6.45, 7) is 5.75. The van der Waals surface area contributed by atoms with Gasteiger partial charge in [-0.25, -0.2) is 4.39 Å². The smallest absolute Gasteiger partial charge is 0.292 e. The molecule has 0 radical (unpaired) electrons. The highest BCUT2D eigenvalue weighted by molar-refractivity contribution is 5.63. The monoisotopic (exact) mass is 425 g/mol. The number of hydrogen-bond donors (Lipinski definition) is 0. The Kier molecular flexibility index (Phi) is 6.22. The molecule has 2 heterocycles. The van der Waals surface area contributed by atoms with Crippen LogP contribution in [0, 0.1) is 22.9 Å². The molecule has 0 atom stereocenters. The maximum atomic E-state index is 13.7. The third kappa shape index (κ3) is 4.88. The zero-order valence-electron chi connectivity index (χ0n) is 17.3. The second-order valence-electron chi connectivity index (χ2n) is 7.65. The molecule has 0 unspecified atom stereocenters. The van der Waals surface area contributed by atoms with Gasteiger partial charge in [-0.05, 0) is 37.6 Å². The first kappa shape index (κ1) is 20.9. The number of rotatable bonds is 7. The molecular formula is C22H24FN5O3. The third-order valence-corrected chi connectivity index (χ3v) is 5.55. The van der Waals surface area contributed by atoms with E-state index in [0.29, 0.717) is 35.0 Å². The van der Waals surface area contributed by atoms with Crippen LogP contribution in [0.4, 0.5) is 15.8 Å². The van der Waals surface area contributed by atoms with E-state index in [-0.39, 0.29) is 16.4 Å². The molecule has 3 aromatic rings. The number of nitro groups is 1. The molecular weight excluding hydrogens is 401 g/mol. The van der Waals surface area contributed by atoms with Crippen LogP contribution in [0.5, 0.6) is 0 Å². The number of piperazine rings is 1.